The van der Waals surface area contributed by atoms with Crippen LogP contribution in [-0.4, -0.2) is 62.1 Å². The Morgan fingerprint density at radius 3 is 2.58 bits per heavy atom. The number of H-pyrrole nitrogens is 1. The second-order valence-corrected chi connectivity index (χ2v) is 10.4. The maximum atomic E-state index is 13.2. The molecule has 2 aromatic heterocycles. The fourth-order valence-electron chi connectivity index (χ4n) is 5.52. The summed E-state index contributed by atoms with van der Waals surface area (Å²) < 4.78 is 13.8. The molecular weight excluding hydrogens is 456 g/mol. The van der Waals surface area contributed by atoms with Crippen molar-refractivity contribution >= 4 is 10.9 Å². The van der Waals surface area contributed by atoms with Crippen LogP contribution in [0.1, 0.15) is 74.0 Å². The molecule has 0 aliphatic carbocycles. The predicted molar refractivity (Wildman–Crippen MR) is 138 cm³/mol. The first kappa shape index (κ1) is 25.0. The van der Waals surface area contributed by atoms with Crippen LogP contribution in [-0.2, 0) is 22.6 Å². The van der Waals surface area contributed by atoms with Gasteiger partial charge in [0.2, 0.25) is 0 Å². The van der Waals surface area contributed by atoms with Crippen LogP contribution in [0.5, 0.6) is 0 Å². The lowest BCUT2D eigenvalue weighted by molar-refractivity contribution is 0.0457. The molecule has 4 heterocycles. The van der Waals surface area contributed by atoms with Gasteiger partial charge in [0.05, 0.1) is 24.8 Å². The Hall–Kier alpha value is -2.62. The minimum atomic E-state index is -0.0442. The van der Waals surface area contributed by atoms with E-state index in [2.05, 4.69) is 58.3 Å². The number of hydrogen-bond donors (Lipinski definition) is 1. The summed E-state index contributed by atoms with van der Waals surface area (Å²) in [5, 5.41) is 13.9. The van der Waals surface area contributed by atoms with Gasteiger partial charge < -0.3 is 14.5 Å². The Balaban J connectivity index is 1.48. The second kappa shape index (κ2) is 11.2. The number of aromatic nitrogens is 5. The molecule has 0 radical (unpaired) electrons. The van der Waals surface area contributed by atoms with Crippen molar-refractivity contribution in [3.63, 3.8) is 0 Å². The summed E-state index contributed by atoms with van der Waals surface area (Å²) in [6.07, 6.45) is 6.38. The van der Waals surface area contributed by atoms with E-state index >= 15 is 0 Å². The van der Waals surface area contributed by atoms with Crippen molar-refractivity contribution in [3.05, 3.63) is 51.1 Å². The van der Waals surface area contributed by atoms with Crippen LogP contribution in [0.25, 0.3) is 10.9 Å². The normalized spacial score (nSPS) is 21.1. The summed E-state index contributed by atoms with van der Waals surface area (Å²) in [6, 6.07) is 6.23. The number of tetrazole rings is 1. The van der Waals surface area contributed by atoms with Gasteiger partial charge in [-0.25, -0.2) is 4.68 Å². The molecule has 0 spiro atoms. The molecule has 0 bridgehead atoms. The quantitative estimate of drug-likeness (QED) is 0.457. The smallest absolute Gasteiger partial charge is 0.252 e. The Bertz CT molecular complexity index is 1230. The molecule has 2 saturated heterocycles. The molecule has 3 aromatic rings. The van der Waals surface area contributed by atoms with Crippen molar-refractivity contribution in [2.75, 3.05) is 19.8 Å². The number of aryl methyl sites for hydroxylation is 2. The van der Waals surface area contributed by atoms with E-state index in [9.17, 15) is 4.79 Å². The summed E-state index contributed by atoms with van der Waals surface area (Å²) in [7, 11) is 0. The summed E-state index contributed by atoms with van der Waals surface area (Å²) in [5.41, 5.74) is 3.98. The van der Waals surface area contributed by atoms with E-state index in [4.69, 9.17) is 9.47 Å². The third-order valence-electron chi connectivity index (χ3n) is 7.63. The lowest BCUT2D eigenvalue weighted by Crippen LogP contribution is -2.38. The van der Waals surface area contributed by atoms with Crippen molar-refractivity contribution in [1.82, 2.24) is 30.1 Å². The van der Waals surface area contributed by atoms with Crippen molar-refractivity contribution in [2.45, 2.75) is 90.6 Å². The Morgan fingerprint density at radius 1 is 1.11 bits per heavy atom. The molecule has 0 saturated carbocycles. The first-order valence-electron chi connectivity index (χ1n) is 13.4. The molecule has 0 unspecified atom stereocenters. The molecule has 1 aromatic carbocycles. The molecule has 9 heteroatoms. The molecule has 2 fully saturated rings. The van der Waals surface area contributed by atoms with Gasteiger partial charge in [-0.15, -0.1) is 5.10 Å². The third-order valence-corrected chi connectivity index (χ3v) is 7.63. The summed E-state index contributed by atoms with van der Waals surface area (Å²) >= 11 is 0. The maximum absolute atomic E-state index is 13.2. The van der Waals surface area contributed by atoms with E-state index in [1.807, 2.05) is 10.7 Å². The Kier molecular flexibility index (Phi) is 7.79. The molecule has 3 atom stereocenters. The molecule has 0 amide bonds. The lowest BCUT2D eigenvalue weighted by Gasteiger charge is -2.32. The number of ether oxygens (including phenoxy) is 2. The van der Waals surface area contributed by atoms with Crippen molar-refractivity contribution in [1.29, 1.82) is 0 Å². The van der Waals surface area contributed by atoms with Crippen molar-refractivity contribution in [3.8, 4) is 0 Å². The number of pyridine rings is 1. The van der Waals surface area contributed by atoms with Gasteiger partial charge in [-0.05, 0) is 91.1 Å². The van der Waals surface area contributed by atoms with E-state index in [-0.39, 0.29) is 23.8 Å². The van der Waals surface area contributed by atoms with Crippen LogP contribution in [0, 0.1) is 13.8 Å². The number of nitrogens with zero attached hydrogens (tertiary/aromatic N) is 5. The average Bonchev–Trinajstić information content (AvgIpc) is 3.63. The number of fused-ring (bicyclic) bond motifs is 1. The predicted octanol–water partition coefficient (Wildman–Crippen LogP) is 3.83. The largest absolute Gasteiger partial charge is 0.377 e. The average molecular weight is 495 g/mol. The zero-order valence-corrected chi connectivity index (χ0v) is 21.7. The molecule has 194 valence electrons. The van der Waals surface area contributed by atoms with E-state index < -0.39 is 0 Å². The van der Waals surface area contributed by atoms with Crippen LogP contribution >= 0.6 is 0 Å². The highest BCUT2D eigenvalue weighted by molar-refractivity contribution is 5.80. The zero-order valence-electron chi connectivity index (χ0n) is 21.7. The highest BCUT2D eigenvalue weighted by Crippen LogP contribution is 2.29. The van der Waals surface area contributed by atoms with Gasteiger partial charge in [-0.1, -0.05) is 13.3 Å². The summed E-state index contributed by atoms with van der Waals surface area (Å²) in [5.74, 6) is 0.842. The number of benzene rings is 1. The Labute approximate surface area is 212 Å². The molecule has 36 heavy (non-hydrogen) atoms. The highest BCUT2D eigenvalue weighted by atomic mass is 16.5. The van der Waals surface area contributed by atoms with Crippen LogP contribution in [0.2, 0.25) is 0 Å². The lowest BCUT2D eigenvalue weighted by atomic mass is 10.0. The van der Waals surface area contributed by atoms with E-state index in [0.717, 1.165) is 80.6 Å². The zero-order chi connectivity index (χ0) is 25.1. The number of aromatic amines is 1. The number of rotatable bonds is 10. The van der Waals surface area contributed by atoms with Gasteiger partial charge >= 0.3 is 0 Å². The highest BCUT2D eigenvalue weighted by Gasteiger charge is 2.31. The van der Waals surface area contributed by atoms with Crippen molar-refractivity contribution < 1.29 is 9.47 Å². The topological polar surface area (TPSA) is 98.2 Å². The van der Waals surface area contributed by atoms with Gasteiger partial charge in [0.25, 0.3) is 5.56 Å². The SMILES string of the molecule is CCC[C@H](c1nnnn1C[C@@H]1CCCO1)N(Cc1cc2cc(C)c(C)cc2[nH]c1=O)C[C@@H]1CCCO1. The summed E-state index contributed by atoms with van der Waals surface area (Å²) in [4.78, 5) is 18.7. The van der Waals surface area contributed by atoms with E-state index in [0.29, 0.717) is 13.1 Å². The second-order valence-electron chi connectivity index (χ2n) is 10.4. The molecule has 9 nitrogen and oxygen atoms in total. The molecule has 1 N–H and O–H groups in total. The fourth-order valence-corrected chi connectivity index (χ4v) is 5.52. The fraction of sp³-hybridized carbons (Fsp3) is 0.630. The number of hydrogen-bond acceptors (Lipinski definition) is 7. The summed E-state index contributed by atoms with van der Waals surface area (Å²) in [6.45, 7) is 9.86. The molecular formula is C27H38N6O3. The monoisotopic (exact) mass is 494 g/mol. The van der Waals surface area contributed by atoms with Crippen molar-refractivity contribution in [2.24, 2.45) is 0 Å². The van der Waals surface area contributed by atoms with Gasteiger partial charge in [-0.3, -0.25) is 9.69 Å². The van der Waals surface area contributed by atoms with E-state index in [1.165, 1.54) is 11.1 Å². The minimum Gasteiger partial charge on any atom is -0.377 e. The van der Waals surface area contributed by atoms with Crippen LogP contribution in [0.4, 0.5) is 0 Å². The van der Waals surface area contributed by atoms with Gasteiger partial charge in [0.1, 0.15) is 0 Å². The molecule has 2 aliphatic rings. The molecule has 2 aliphatic heterocycles. The number of nitrogens with one attached hydrogen (secondary N) is 1. The van der Waals surface area contributed by atoms with Crippen LogP contribution in [0.3, 0.4) is 0 Å². The maximum Gasteiger partial charge on any atom is 0.252 e. The minimum absolute atomic E-state index is 0.0227. The molecule has 5 rings (SSSR count). The van der Waals surface area contributed by atoms with Gasteiger partial charge in [-0.2, -0.15) is 0 Å². The third kappa shape index (κ3) is 5.53. The standard InChI is InChI=1S/C27H38N6O3/c1-4-7-25(26-29-30-31-33(26)17-23-9-6-11-36-23)32(16-22-8-5-10-35-22)15-21-14-20-12-18(2)19(3)13-24(20)28-27(21)34/h12-14,22-23,25H,4-11,15-17H2,1-3H3,(H,28,34)/t22-,23-,25+/m0/s1. The first-order chi connectivity index (χ1) is 17.5. The van der Waals surface area contributed by atoms with E-state index in [1.54, 1.807) is 0 Å². The Morgan fingerprint density at radius 2 is 1.86 bits per heavy atom. The van der Waals surface area contributed by atoms with Gasteiger partial charge in [0.15, 0.2) is 5.82 Å². The van der Waals surface area contributed by atoms with Gasteiger partial charge in [0, 0.05) is 37.4 Å². The van der Waals surface area contributed by atoms with Crippen LogP contribution < -0.4 is 5.56 Å². The van der Waals surface area contributed by atoms with Crippen LogP contribution in [0.15, 0.2) is 23.0 Å². The first-order valence-corrected chi connectivity index (χ1v) is 13.4.